The number of ether oxygens (including phenoxy) is 3. The summed E-state index contributed by atoms with van der Waals surface area (Å²) in [6.45, 7) is 9.79. The lowest BCUT2D eigenvalue weighted by Crippen LogP contribution is -2.49. The molecule has 4 aromatic rings. The van der Waals surface area contributed by atoms with E-state index in [9.17, 15) is 27.1 Å². The Kier molecular flexibility index (Phi) is 8.93. The molecular formula is C33H39F3N6O6S. The Bertz CT molecular complexity index is 1910. The highest BCUT2D eigenvalue weighted by Gasteiger charge is 2.47. The van der Waals surface area contributed by atoms with Crippen molar-refractivity contribution in [2.24, 2.45) is 5.41 Å². The van der Waals surface area contributed by atoms with Gasteiger partial charge in [-0.15, -0.1) is 21.0 Å². The minimum Gasteiger partial charge on any atom is -0.469 e. The molecule has 6 rings (SSSR count). The summed E-state index contributed by atoms with van der Waals surface area (Å²) in [4.78, 5) is 22.7. The molecule has 4 aromatic heterocycles. The van der Waals surface area contributed by atoms with Gasteiger partial charge in [0.1, 0.15) is 10.5 Å². The fourth-order valence-corrected chi connectivity index (χ4v) is 8.43. The van der Waals surface area contributed by atoms with E-state index in [1.807, 2.05) is 13.8 Å². The molecule has 1 atom stereocenters. The SMILES string of the molecule is COC(=O)C(C)(C)C(c1cc(CN2CC3(CCOCC3)Oc3ncc(C)cc3S2(O)O)c(C)cn1)c1ccn2c(C(F)(F)F)nnc2c1C. The molecule has 16 heteroatoms. The van der Waals surface area contributed by atoms with Gasteiger partial charge in [0, 0.05) is 49.6 Å². The maximum Gasteiger partial charge on any atom is 0.452 e. The molecule has 2 aliphatic heterocycles. The summed E-state index contributed by atoms with van der Waals surface area (Å²) in [5, 5.41) is 7.23. The Morgan fingerprint density at radius 3 is 2.49 bits per heavy atom. The second-order valence-corrected chi connectivity index (χ2v) is 15.3. The third-order valence-corrected chi connectivity index (χ3v) is 11.4. The van der Waals surface area contributed by atoms with Gasteiger partial charge < -0.3 is 14.2 Å². The van der Waals surface area contributed by atoms with Crippen LogP contribution in [0.25, 0.3) is 5.65 Å². The molecule has 264 valence electrons. The molecule has 0 aliphatic carbocycles. The van der Waals surface area contributed by atoms with Gasteiger partial charge in [-0.2, -0.15) is 17.5 Å². The standard InChI is InChI=1S/C33H39F3N6O6S/c1-19-13-25-28(38-15-19)48-32(8-11-47-12-9-32)18-41(49(25,44)45)17-22-14-24(37-16-20(22)2)26(31(4,5)30(43)46-6)23-7-10-42-27(21(23)3)39-40-29(42)33(34,35)36/h7,10,13-16,26,44-45H,8-9,11-12,17-18H2,1-6H3. The molecule has 12 nitrogen and oxygen atoms in total. The number of aromatic nitrogens is 5. The predicted octanol–water partition coefficient (Wildman–Crippen LogP) is 6.26. The van der Waals surface area contributed by atoms with Crippen LogP contribution in [0.4, 0.5) is 13.2 Å². The van der Waals surface area contributed by atoms with Crippen molar-refractivity contribution in [1.82, 2.24) is 28.9 Å². The van der Waals surface area contributed by atoms with E-state index >= 15 is 0 Å². The number of rotatable bonds is 6. The Morgan fingerprint density at radius 1 is 1.10 bits per heavy atom. The van der Waals surface area contributed by atoms with Gasteiger partial charge >= 0.3 is 12.1 Å². The van der Waals surface area contributed by atoms with Gasteiger partial charge in [-0.3, -0.25) is 23.3 Å². The van der Waals surface area contributed by atoms with Crippen LogP contribution in [-0.4, -0.2) is 76.4 Å². The van der Waals surface area contributed by atoms with E-state index in [4.69, 9.17) is 19.2 Å². The zero-order valence-electron chi connectivity index (χ0n) is 28.0. The summed E-state index contributed by atoms with van der Waals surface area (Å²) in [5.74, 6) is -2.35. The average Bonchev–Trinajstić information content (AvgIpc) is 3.47. The molecule has 2 aliphatic rings. The van der Waals surface area contributed by atoms with Crippen LogP contribution in [0.2, 0.25) is 0 Å². The van der Waals surface area contributed by atoms with Crippen LogP contribution in [0.15, 0.2) is 41.7 Å². The van der Waals surface area contributed by atoms with E-state index in [-0.39, 0.29) is 29.5 Å². The van der Waals surface area contributed by atoms with Crippen molar-refractivity contribution in [2.45, 2.75) is 76.6 Å². The normalized spacial score (nSPS) is 19.2. The Morgan fingerprint density at radius 2 is 1.82 bits per heavy atom. The fraction of sp³-hybridized carbons (Fsp3) is 0.485. The van der Waals surface area contributed by atoms with E-state index < -0.39 is 45.7 Å². The predicted molar refractivity (Wildman–Crippen MR) is 173 cm³/mol. The van der Waals surface area contributed by atoms with Crippen molar-refractivity contribution in [1.29, 1.82) is 0 Å². The van der Waals surface area contributed by atoms with Crippen molar-refractivity contribution in [3.8, 4) is 5.88 Å². The van der Waals surface area contributed by atoms with E-state index in [1.165, 1.54) is 19.4 Å². The Labute approximate surface area is 283 Å². The Hall–Kier alpha value is -3.83. The second-order valence-electron chi connectivity index (χ2n) is 13.3. The third-order valence-electron chi connectivity index (χ3n) is 9.54. The van der Waals surface area contributed by atoms with Gasteiger partial charge in [0.2, 0.25) is 11.7 Å². The molecule has 2 N–H and O–H groups in total. The molecule has 49 heavy (non-hydrogen) atoms. The van der Waals surface area contributed by atoms with Crippen molar-refractivity contribution < 1.29 is 41.3 Å². The maximum absolute atomic E-state index is 13.7. The molecule has 6 heterocycles. The Balaban J connectivity index is 1.47. The number of halogens is 3. The molecule has 1 spiro atoms. The second kappa shape index (κ2) is 12.5. The molecule has 0 saturated carbocycles. The smallest absolute Gasteiger partial charge is 0.452 e. The van der Waals surface area contributed by atoms with E-state index in [2.05, 4.69) is 15.2 Å². The van der Waals surface area contributed by atoms with Gasteiger partial charge in [0.25, 0.3) is 0 Å². The lowest BCUT2D eigenvalue weighted by Gasteiger charge is -2.44. The van der Waals surface area contributed by atoms with E-state index in [0.717, 1.165) is 15.5 Å². The van der Waals surface area contributed by atoms with Gasteiger partial charge in [0.15, 0.2) is 5.65 Å². The van der Waals surface area contributed by atoms with Crippen LogP contribution in [0.1, 0.15) is 71.9 Å². The number of carbonyl (C=O) groups excluding carboxylic acids is 1. The molecular weight excluding hydrogens is 665 g/mol. The van der Waals surface area contributed by atoms with Crippen LogP contribution >= 0.6 is 10.8 Å². The molecule has 1 fully saturated rings. The van der Waals surface area contributed by atoms with E-state index in [1.54, 1.807) is 49.6 Å². The molecule has 1 saturated heterocycles. The number of alkyl halides is 3. The number of hydrogen-bond acceptors (Lipinski definition) is 11. The van der Waals surface area contributed by atoms with Crippen LogP contribution in [-0.2, 0) is 27.0 Å². The molecule has 0 aromatic carbocycles. The molecule has 0 amide bonds. The van der Waals surface area contributed by atoms with Gasteiger partial charge in [-0.25, -0.2) is 4.98 Å². The zero-order valence-corrected chi connectivity index (χ0v) is 28.9. The summed E-state index contributed by atoms with van der Waals surface area (Å²) in [7, 11) is -2.33. The first-order chi connectivity index (χ1) is 23.0. The highest BCUT2D eigenvalue weighted by atomic mass is 32.3. The van der Waals surface area contributed by atoms with Crippen molar-refractivity contribution in [3.05, 3.63) is 76.1 Å². The van der Waals surface area contributed by atoms with Crippen molar-refractivity contribution in [3.63, 3.8) is 0 Å². The summed E-state index contributed by atoms with van der Waals surface area (Å²) in [6, 6.07) is 4.99. The maximum atomic E-state index is 13.7. The monoisotopic (exact) mass is 704 g/mol. The molecule has 0 radical (unpaired) electrons. The van der Waals surface area contributed by atoms with Crippen molar-refractivity contribution >= 4 is 22.4 Å². The minimum absolute atomic E-state index is 0.00864. The summed E-state index contributed by atoms with van der Waals surface area (Å²) >= 11 is 0. The lowest BCUT2D eigenvalue weighted by molar-refractivity contribution is -0.151. The highest BCUT2D eigenvalue weighted by Crippen LogP contribution is 2.59. The van der Waals surface area contributed by atoms with Crippen LogP contribution < -0.4 is 4.74 Å². The van der Waals surface area contributed by atoms with E-state index in [0.29, 0.717) is 48.4 Å². The molecule has 0 bridgehead atoms. The first kappa shape index (κ1) is 35.0. The summed E-state index contributed by atoms with van der Waals surface area (Å²) in [5.41, 5.74) is 1.47. The van der Waals surface area contributed by atoms with Crippen LogP contribution in [0.5, 0.6) is 5.88 Å². The van der Waals surface area contributed by atoms with Gasteiger partial charge in [-0.05, 0) is 80.6 Å². The van der Waals surface area contributed by atoms with Gasteiger partial charge in [-0.1, -0.05) is 0 Å². The number of carbonyl (C=O) groups is 1. The number of esters is 1. The van der Waals surface area contributed by atoms with Crippen molar-refractivity contribution in [2.75, 3.05) is 26.9 Å². The quantitative estimate of drug-likeness (QED) is 0.219. The van der Waals surface area contributed by atoms with Gasteiger partial charge in [0.05, 0.1) is 32.3 Å². The number of aryl methyl sites for hydroxylation is 3. The first-order valence-electron chi connectivity index (χ1n) is 15.7. The number of hydrogen-bond donors (Lipinski definition) is 2. The zero-order chi connectivity index (χ0) is 35.5. The largest absolute Gasteiger partial charge is 0.469 e. The number of fused-ring (bicyclic) bond motifs is 2. The summed E-state index contributed by atoms with van der Waals surface area (Å²) < 4.78 is 84.6. The highest BCUT2D eigenvalue weighted by molar-refractivity contribution is 8.22. The fourth-order valence-electron chi connectivity index (χ4n) is 6.74. The van der Waals surface area contributed by atoms with Crippen LogP contribution in [0.3, 0.4) is 0 Å². The van der Waals surface area contributed by atoms with Crippen LogP contribution in [0, 0.1) is 26.2 Å². The summed E-state index contributed by atoms with van der Waals surface area (Å²) in [6.07, 6.45) is 0.820. The first-order valence-corrected chi connectivity index (χ1v) is 17.2. The average molecular weight is 705 g/mol. The number of methoxy groups -OCH3 is 1. The third kappa shape index (κ3) is 6.24. The lowest BCUT2D eigenvalue weighted by atomic mass is 9.71. The topological polar surface area (TPSA) is 144 Å². The molecule has 1 unspecified atom stereocenters. The minimum atomic E-state index is -4.72. The number of pyridine rings is 3. The number of nitrogens with zero attached hydrogens (tertiary/aromatic N) is 6.